The first-order chi connectivity index (χ1) is 9.25. The molecule has 0 amide bonds. The molecular weight excluding hydrogens is 254 g/mol. The van der Waals surface area contributed by atoms with E-state index in [1.54, 1.807) is 5.56 Å². The highest BCUT2D eigenvalue weighted by atomic mass is 32.2. The number of ether oxygens (including phenoxy) is 1. The third-order valence-corrected chi connectivity index (χ3v) is 6.06. The molecule has 19 heavy (non-hydrogen) atoms. The van der Waals surface area contributed by atoms with Gasteiger partial charge in [-0.05, 0) is 44.4 Å². The number of hydrogen-bond donors (Lipinski definition) is 1. The molecule has 2 aliphatic heterocycles. The highest BCUT2D eigenvalue weighted by molar-refractivity contribution is 7.99. The summed E-state index contributed by atoms with van der Waals surface area (Å²) in [4.78, 5) is 1.48. The van der Waals surface area contributed by atoms with Crippen LogP contribution < -0.4 is 5.32 Å². The van der Waals surface area contributed by atoms with Gasteiger partial charge in [0.2, 0.25) is 0 Å². The van der Waals surface area contributed by atoms with Crippen LogP contribution in [0, 0.1) is 5.41 Å². The predicted molar refractivity (Wildman–Crippen MR) is 80.9 cm³/mol. The van der Waals surface area contributed by atoms with Crippen molar-refractivity contribution in [1.82, 2.24) is 5.32 Å². The van der Waals surface area contributed by atoms with E-state index in [4.69, 9.17) is 4.74 Å². The molecule has 1 fully saturated rings. The molecule has 2 aliphatic rings. The third-order valence-electron chi connectivity index (χ3n) is 4.81. The lowest BCUT2D eigenvalue weighted by atomic mass is 9.73. The number of nitrogens with one attached hydrogen (secondary N) is 1. The van der Waals surface area contributed by atoms with E-state index >= 15 is 0 Å². The Kier molecular flexibility index (Phi) is 3.88. The molecular formula is C16H23NOS. The number of hydrogen-bond acceptors (Lipinski definition) is 3. The van der Waals surface area contributed by atoms with Crippen molar-refractivity contribution in [2.75, 3.05) is 26.0 Å². The van der Waals surface area contributed by atoms with Crippen LogP contribution in [0.2, 0.25) is 0 Å². The fourth-order valence-corrected chi connectivity index (χ4v) is 4.89. The minimum atomic E-state index is 0.317. The van der Waals surface area contributed by atoms with Crippen molar-refractivity contribution in [2.45, 2.75) is 36.7 Å². The molecule has 0 bridgehead atoms. The monoisotopic (exact) mass is 277 g/mol. The molecule has 1 N–H and O–H groups in total. The summed E-state index contributed by atoms with van der Waals surface area (Å²) in [5, 5.41) is 3.39. The smallest absolute Gasteiger partial charge is 0.0616 e. The van der Waals surface area contributed by atoms with Crippen molar-refractivity contribution >= 4 is 11.8 Å². The van der Waals surface area contributed by atoms with Crippen molar-refractivity contribution in [3.63, 3.8) is 0 Å². The standard InChI is InChI=1S/C16H23NOS/c1-12-16(11-17-2,7-8-18-12)9-13-10-19-15-6-4-3-5-14(13)15/h3-6,12-13,17H,7-11H2,1-2H3. The van der Waals surface area contributed by atoms with Crippen LogP contribution >= 0.6 is 11.8 Å². The van der Waals surface area contributed by atoms with Crippen molar-refractivity contribution in [1.29, 1.82) is 0 Å². The van der Waals surface area contributed by atoms with Gasteiger partial charge in [-0.2, -0.15) is 0 Å². The average Bonchev–Trinajstić information content (AvgIpc) is 2.97. The van der Waals surface area contributed by atoms with Gasteiger partial charge in [0, 0.05) is 29.2 Å². The summed E-state index contributed by atoms with van der Waals surface area (Å²) in [5.74, 6) is 1.93. The molecule has 0 saturated carbocycles. The maximum absolute atomic E-state index is 5.87. The molecule has 2 heterocycles. The summed E-state index contributed by atoms with van der Waals surface area (Å²) in [6, 6.07) is 8.91. The highest BCUT2D eigenvalue weighted by Crippen LogP contribution is 2.48. The van der Waals surface area contributed by atoms with Crippen LogP contribution in [0.5, 0.6) is 0 Å². The van der Waals surface area contributed by atoms with Crippen LogP contribution in [0.1, 0.15) is 31.2 Å². The number of fused-ring (bicyclic) bond motifs is 1. The topological polar surface area (TPSA) is 21.3 Å². The zero-order chi connectivity index (χ0) is 13.3. The lowest BCUT2D eigenvalue weighted by molar-refractivity contribution is 0.0566. The van der Waals surface area contributed by atoms with Gasteiger partial charge in [0.05, 0.1) is 6.10 Å². The molecule has 104 valence electrons. The molecule has 3 unspecified atom stereocenters. The third kappa shape index (κ3) is 2.44. The van der Waals surface area contributed by atoms with Crippen LogP contribution in [0.4, 0.5) is 0 Å². The van der Waals surface area contributed by atoms with Crippen LogP contribution in [0.3, 0.4) is 0 Å². The molecule has 1 aromatic rings. The number of thioether (sulfide) groups is 1. The summed E-state index contributed by atoms with van der Waals surface area (Å²) < 4.78 is 5.87. The first-order valence-corrected chi connectivity index (χ1v) is 8.22. The largest absolute Gasteiger partial charge is 0.378 e. The van der Waals surface area contributed by atoms with Crippen molar-refractivity contribution in [3.8, 4) is 0 Å². The Labute approximate surface area is 120 Å². The molecule has 0 spiro atoms. The van der Waals surface area contributed by atoms with E-state index in [9.17, 15) is 0 Å². The van der Waals surface area contributed by atoms with Gasteiger partial charge in [0.1, 0.15) is 0 Å². The molecule has 0 aromatic heterocycles. The van der Waals surface area contributed by atoms with Crippen molar-refractivity contribution in [2.24, 2.45) is 5.41 Å². The molecule has 1 aromatic carbocycles. The van der Waals surface area contributed by atoms with E-state index < -0.39 is 0 Å². The maximum atomic E-state index is 5.87. The zero-order valence-corrected chi connectivity index (χ0v) is 12.6. The van der Waals surface area contributed by atoms with Gasteiger partial charge in [0.25, 0.3) is 0 Å². The Morgan fingerprint density at radius 2 is 2.26 bits per heavy atom. The quantitative estimate of drug-likeness (QED) is 0.912. The minimum absolute atomic E-state index is 0.317. The van der Waals surface area contributed by atoms with E-state index in [0.29, 0.717) is 17.4 Å². The second-order valence-electron chi connectivity index (χ2n) is 5.91. The summed E-state index contributed by atoms with van der Waals surface area (Å²) in [6.07, 6.45) is 2.81. The van der Waals surface area contributed by atoms with E-state index in [1.165, 1.54) is 23.5 Å². The lowest BCUT2D eigenvalue weighted by Crippen LogP contribution is -2.39. The molecule has 3 heteroatoms. The van der Waals surface area contributed by atoms with Crippen molar-refractivity contribution in [3.05, 3.63) is 29.8 Å². The molecule has 0 radical (unpaired) electrons. The average molecular weight is 277 g/mol. The van der Waals surface area contributed by atoms with Crippen LogP contribution in [-0.4, -0.2) is 32.1 Å². The Hall–Kier alpha value is -0.510. The number of benzene rings is 1. The molecule has 1 saturated heterocycles. The van der Waals surface area contributed by atoms with Gasteiger partial charge in [-0.3, -0.25) is 0 Å². The minimum Gasteiger partial charge on any atom is -0.378 e. The maximum Gasteiger partial charge on any atom is 0.0616 e. The van der Waals surface area contributed by atoms with Gasteiger partial charge in [-0.1, -0.05) is 18.2 Å². The SMILES string of the molecule is CNCC1(CC2CSc3ccccc32)CCOC1C. The second kappa shape index (κ2) is 5.47. The fraction of sp³-hybridized carbons (Fsp3) is 0.625. The van der Waals surface area contributed by atoms with E-state index in [1.807, 2.05) is 11.8 Å². The van der Waals surface area contributed by atoms with Crippen LogP contribution in [-0.2, 0) is 4.74 Å². The molecule has 0 aliphatic carbocycles. The number of rotatable bonds is 4. The fourth-order valence-electron chi connectivity index (χ4n) is 3.63. The zero-order valence-electron chi connectivity index (χ0n) is 11.8. The summed E-state index contributed by atoms with van der Waals surface area (Å²) in [6.45, 7) is 4.24. The van der Waals surface area contributed by atoms with E-state index in [0.717, 1.165) is 13.2 Å². The van der Waals surface area contributed by atoms with Gasteiger partial charge < -0.3 is 10.1 Å². The highest BCUT2D eigenvalue weighted by Gasteiger charge is 2.43. The summed E-state index contributed by atoms with van der Waals surface area (Å²) in [5.41, 5.74) is 1.87. The van der Waals surface area contributed by atoms with Gasteiger partial charge in [-0.15, -0.1) is 11.8 Å². The summed E-state index contributed by atoms with van der Waals surface area (Å²) in [7, 11) is 2.06. The molecule has 2 nitrogen and oxygen atoms in total. The van der Waals surface area contributed by atoms with Crippen molar-refractivity contribution < 1.29 is 4.74 Å². The van der Waals surface area contributed by atoms with Crippen LogP contribution in [0.15, 0.2) is 29.2 Å². The van der Waals surface area contributed by atoms with Gasteiger partial charge >= 0.3 is 0 Å². The first-order valence-electron chi connectivity index (χ1n) is 7.23. The summed E-state index contributed by atoms with van der Waals surface area (Å²) >= 11 is 2.02. The Morgan fingerprint density at radius 3 is 3.00 bits per heavy atom. The molecule has 3 rings (SSSR count). The predicted octanol–water partition coefficient (Wildman–Crippen LogP) is 3.28. The Morgan fingerprint density at radius 1 is 1.42 bits per heavy atom. The Bertz CT molecular complexity index is 450. The first kappa shape index (κ1) is 13.5. The lowest BCUT2D eigenvalue weighted by Gasteiger charge is -2.34. The van der Waals surface area contributed by atoms with Crippen LogP contribution in [0.25, 0.3) is 0 Å². The Balaban J connectivity index is 1.80. The second-order valence-corrected chi connectivity index (χ2v) is 6.97. The van der Waals surface area contributed by atoms with E-state index in [2.05, 4.69) is 43.6 Å². The van der Waals surface area contributed by atoms with Gasteiger partial charge in [-0.25, -0.2) is 0 Å². The van der Waals surface area contributed by atoms with E-state index in [-0.39, 0.29) is 0 Å². The van der Waals surface area contributed by atoms with Gasteiger partial charge in [0.15, 0.2) is 0 Å². The molecule has 3 atom stereocenters. The normalized spacial score (nSPS) is 33.6.